The Morgan fingerprint density at radius 3 is 1.33 bits per heavy atom. The predicted octanol–water partition coefficient (Wildman–Crippen LogP) is -1.88. The minimum absolute atomic E-state index is 0.106. The van der Waals surface area contributed by atoms with Crippen molar-refractivity contribution in [2.24, 2.45) is 0 Å². The minimum atomic E-state index is -3.36. The van der Waals surface area contributed by atoms with Gasteiger partial charge >= 0.3 is 5.97 Å². The highest BCUT2D eigenvalue weighted by molar-refractivity contribution is 5.77. The topological polar surface area (TPSA) is 688 Å². The first-order valence-corrected chi connectivity index (χ1v) is 50.0. The van der Waals surface area contributed by atoms with E-state index in [1.54, 1.807) is 6.08 Å². The van der Waals surface area contributed by atoms with Gasteiger partial charge in [0.05, 0.1) is 76.6 Å². The van der Waals surface area contributed by atoms with Gasteiger partial charge in [-0.1, -0.05) is 219 Å². The molecule has 0 aromatic heterocycles. The summed E-state index contributed by atoms with van der Waals surface area (Å²) in [6, 6.07) is -6.76. The number of carboxylic acids is 1. The molecule has 38 atom stereocenters. The van der Waals surface area contributed by atoms with Gasteiger partial charge in [0, 0.05) is 33.6 Å². The van der Waals surface area contributed by atoms with Gasteiger partial charge in [0.15, 0.2) is 37.7 Å². The van der Waals surface area contributed by atoms with E-state index in [1.165, 1.54) is 148 Å². The van der Waals surface area contributed by atoms with Gasteiger partial charge in [-0.15, -0.1) is 0 Å². The molecule has 7 rings (SSSR count). The van der Waals surface area contributed by atoms with Crippen LogP contribution in [0.4, 0.5) is 0 Å². The molecule has 7 saturated heterocycles. The van der Waals surface area contributed by atoms with E-state index in [0.717, 1.165) is 85.0 Å². The van der Waals surface area contributed by atoms with Crippen molar-refractivity contribution in [3.05, 3.63) is 12.2 Å². The smallest absolute Gasteiger partial charge is 0.364 e. The largest absolute Gasteiger partial charge is 0.477 e. The fraction of sp³-hybridized carbons (Fsp3) is 0.925. The van der Waals surface area contributed by atoms with Crippen molar-refractivity contribution in [3.63, 3.8) is 0 Å². The van der Waals surface area contributed by atoms with Crippen LogP contribution >= 0.6 is 0 Å². The normalized spacial score (nSPS) is 36.4. The molecule has 0 aliphatic carbocycles. The molecule has 0 aromatic carbocycles. The minimum Gasteiger partial charge on any atom is -0.477 e. The number of carboxylic acid groups (broad SMARTS) is 1. The van der Waals surface area contributed by atoms with Crippen LogP contribution < -0.4 is 21.3 Å². The summed E-state index contributed by atoms with van der Waals surface area (Å²) >= 11 is 0. The van der Waals surface area contributed by atoms with Crippen LogP contribution in [0.15, 0.2) is 12.2 Å². The number of hydrogen-bond donors (Lipinski definition) is 25. The lowest BCUT2D eigenvalue weighted by atomic mass is 9.88. The van der Waals surface area contributed by atoms with Gasteiger partial charge in [0.1, 0.15) is 159 Å². The first kappa shape index (κ1) is 120. The second kappa shape index (κ2) is 62.5. The number of aliphatic carboxylic acids is 1. The number of hydrogen-bond acceptors (Lipinski definition) is 39. The van der Waals surface area contributed by atoms with E-state index >= 15 is 0 Å². The monoisotopic (exact) mass is 1980 g/mol. The van der Waals surface area contributed by atoms with E-state index < -0.39 is 315 Å². The van der Waals surface area contributed by atoms with E-state index in [-0.39, 0.29) is 6.42 Å². The van der Waals surface area contributed by atoms with Crippen LogP contribution in [0.25, 0.3) is 0 Å². The number of carbonyl (C=O) groups excluding carboxylic acids is 4. The SMILES string of the molecule is CCCCCCCCCCCCC/C=C/[C@@H](O)[C@H](CO[C@@H]1OC(CO)[C@@H](O[C@@H]2OC(CO[C@@H]3OC(CO)[C@@H](O)[C@H](O)C3NC(C)=O)[C@H](O)[C@H](O[C@@H]3OC(CO)[C@@H](O[C@H]4OC(C)[C@@H](O)C(O)[C@@H]4O)[C@H](O[C@@H]4OC(CO)[C@H](O)[C@H](O[C@]5(C(=O)O)CC(O)[C@@H](NC(C)=O)C([C@H](O)[C@H](O)CO)O5)C4O)C3NC(C)=O)C2O)[C@H](O)C1O)NC(=O)CCCCCCCCCCCCCCCCCCCCCCC. The zero-order valence-corrected chi connectivity index (χ0v) is 80.4. The summed E-state index contributed by atoms with van der Waals surface area (Å²) in [5, 5.41) is 249. The van der Waals surface area contributed by atoms with Gasteiger partial charge in [-0.05, 0) is 26.2 Å². The van der Waals surface area contributed by atoms with Crippen LogP contribution in [0.3, 0.4) is 0 Å². The maximum Gasteiger partial charge on any atom is 0.364 e. The van der Waals surface area contributed by atoms with E-state index in [0.29, 0.717) is 12.8 Å². The number of allylic oxidation sites excluding steroid dienone is 1. The average molecular weight is 1980 g/mol. The third-order valence-electron chi connectivity index (χ3n) is 26.7. The van der Waals surface area contributed by atoms with Crippen molar-refractivity contribution < 1.29 is 198 Å². The highest BCUT2D eigenvalue weighted by Crippen LogP contribution is 2.42. The molecule has 4 amide bonds. The molecule has 0 aromatic rings. The van der Waals surface area contributed by atoms with Gasteiger partial charge in [0.25, 0.3) is 5.79 Å². The zero-order chi connectivity index (χ0) is 101. The number of unbranched alkanes of at least 4 members (excludes halogenated alkanes) is 31. The first-order valence-electron chi connectivity index (χ1n) is 50.0. The fourth-order valence-corrected chi connectivity index (χ4v) is 18.6. The number of aliphatic hydroxyl groups excluding tert-OH is 20. The van der Waals surface area contributed by atoms with E-state index in [4.69, 9.17) is 66.3 Å². The molecular weight excluding hydrogens is 1810 g/mol. The van der Waals surface area contributed by atoms with Crippen molar-refractivity contribution in [1.29, 1.82) is 0 Å². The van der Waals surface area contributed by atoms with Crippen molar-refractivity contribution in [1.82, 2.24) is 21.3 Å². The average Bonchev–Trinajstić information content (AvgIpc) is 0.752. The van der Waals surface area contributed by atoms with Crippen LogP contribution in [-0.4, -0.2) is 416 Å². The maximum atomic E-state index is 13.9. The Morgan fingerprint density at radius 1 is 0.401 bits per heavy atom. The summed E-state index contributed by atoms with van der Waals surface area (Å²) in [4.78, 5) is 66.3. The summed E-state index contributed by atoms with van der Waals surface area (Å²) in [6.07, 6.45) is -29.2. The van der Waals surface area contributed by atoms with E-state index in [1.807, 2.05) is 0 Å². The van der Waals surface area contributed by atoms with Crippen LogP contribution in [0.5, 0.6) is 0 Å². The summed E-state index contributed by atoms with van der Waals surface area (Å²) in [5.41, 5.74) is 0. The highest BCUT2D eigenvalue weighted by Gasteiger charge is 2.63. The molecule has 44 nitrogen and oxygen atoms in total. The molecule has 798 valence electrons. The Kier molecular flexibility index (Phi) is 54.6. The first-order chi connectivity index (χ1) is 65.5. The highest BCUT2D eigenvalue weighted by atomic mass is 16.8. The van der Waals surface area contributed by atoms with Gasteiger partial charge in [-0.2, -0.15) is 0 Å². The third kappa shape index (κ3) is 36.4. The van der Waals surface area contributed by atoms with Crippen molar-refractivity contribution >= 4 is 29.6 Å². The van der Waals surface area contributed by atoms with Crippen LogP contribution in [-0.2, 0) is 90.3 Å². The molecule has 137 heavy (non-hydrogen) atoms. The molecule has 14 unspecified atom stereocenters. The van der Waals surface area contributed by atoms with Crippen molar-refractivity contribution in [3.8, 4) is 0 Å². The number of ether oxygens (including phenoxy) is 14. The van der Waals surface area contributed by atoms with E-state index in [2.05, 4.69) is 35.1 Å². The standard InChI is InChI=1S/C93H166N4O40/c1-7-9-11-13-15-17-19-21-22-23-24-25-26-27-28-30-32-34-36-38-40-42-64(109)97-55(56(106)41-39-37-35-33-31-29-20-18-16-14-12-10-8-2)49-124-88-77(119)75(117)80(61(47-101)130-88)132-90-78(120)84(72(114)63(131-90)50-125-86-66(95-53(5)104)73(115)70(112)59(45-99)127-86)135-87-67(96-54(6)105)83(81(62(48-102)129-87)133-89-76(118)74(116)68(110)51(3)126-89)134-91-79(121)85(71(113)60(46-100)128-91)137-93(92(122)123)43-57(107)65(94-52(4)103)82(136-93)69(111)58(108)44-98/h39,41,51,55-63,65-91,98-102,106-108,110-121H,7-38,40,42-50H2,1-6H3,(H,94,103)(H,95,104)(H,96,105)(H,97,109)(H,122,123)/b41-39+/t51?,55-,56+,57?,58+,59?,60?,61?,62?,63?,65+,66?,67?,68+,69+,70+,71-,72-,73+,74?,75+,76-,77?,78?,79?,80+,81+,82?,83+,84-,85-,86+,87-,88+,89+,90-,91-,93-/m0/s1. The summed E-state index contributed by atoms with van der Waals surface area (Å²) in [6.45, 7) is 1.26. The fourth-order valence-electron chi connectivity index (χ4n) is 18.6. The summed E-state index contributed by atoms with van der Waals surface area (Å²) in [7, 11) is 0. The Hall–Kier alpha value is -4.27. The maximum absolute atomic E-state index is 13.9. The lowest BCUT2D eigenvalue weighted by molar-refractivity contribution is -0.400. The van der Waals surface area contributed by atoms with Crippen molar-refractivity contribution in [2.45, 2.75) is 499 Å². The third-order valence-corrected chi connectivity index (χ3v) is 26.7. The van der Waals surface area contributed by atoms with Crippen molar-refractivity contribution in [2.75, 3.05) is 46.2 Å². The number of rotatable bonds is 64. The quantitative estimate of drug-likeness (QED) is 0.0234. The summed E-state index contributed by atoms with van der Waals surface area (Å²) < 4.78 is 85.5. The number of carbonyl (C=O) groups is 5. The molecule has 7 aliphatic heterocycles. The molecule has 44 heteroatoms. The molecular formula is C93H166N4O40. The number of amides is 4. The molecule has 0 radical (unpaired) electrons. The van der Waals surface area contributed by atoms with Crippen LogP contribution in [0.2, 0.25) is 0 Å². The van der Waals surface area contributed by atoms with Crippen LogP contribution in [0, 0.1) is 0 Å². The molecule has 0 spiro atoms. The Morgan fingerprint density at radius 2 is 0.818 bits per heavy atom. The molecule has 7 heterocycles. The molecule has 0 bridgehead atoms. The Balaban J connectivity index is 1.14. The summed E-state index contributed by atoms with van der Waals surface area (Å²) in [5.74, 6) is -8.66. The molecule has 7 fully saturated rings. The molecule has 7 aliphatic rings. The Labute approximate surface area is 802 Å². The van der Waals surface area contributed by atoms with Crippen LogP contribution in [0.1, 0.15) is 266 Å². The second-order valence-corrected chi connectivity index (χ2v) is 37.8. The lowest BCUT2D eigenvalue weighted by Gasteiger charge is -2.52. The van der Waals surface area contributed by atoms with Gasteiger partial charge < -0.3 is 195 Å². The number of nitrogens with one attached hydrogen (secondary N) is 4. The van der Waals surface area contributed by atoms with Gasteiger partial charge in [-0.3, -0.25) is 19.2 Å². The molecule has 25 N–H and O–H groups in total. The predicted molar refractivity (Wildman–Crippen MR) is 482 cm³/mol. The van der Waals surface area contributed by atoms with Gasteiger partial charge in [0.2, 0.25) is 23.6 Å². The Bertz CT molecular complexity index is 3390. The second-order valence-electron chi connectivity index (χ2n) is 37.8. The van der Waals surface area contributed by atoms with E-state index in [9.17, 15) is 131 Å². The lowest BCUT2D eigenvalue weighted by Crippen LogP contribution is -2.72. The number of aliphatic hydroxyl groups is 20. The molecule has 0 saturated carbocycles. The van der Waals surface area contributed by atoms with Gasteiger partial charge in [-0.25, -0.2) is 4.79 Å². The zero-order valence-electron chi connectivity index (χ0n) is 80.4.